The quantitative estimate of drug-likeness (QED) is 0.784. The summed E-state index contributed by atoms with van der Waals surface area (Å²) in [6, 6.07) is 1.32. The molecule has 2 saturated heterocycles. The summed E-state index contributed by atoms with van der Waals surface area (Å²) in [7, 11) is 0. The van der Waals surface area contributed by atoms with Crippen LogP contribution in [0.3, 0.4) is 0 Å². The fourth-order valence-electron chi connectivity index (χ4n) is 3.03. The lowest BCUT2D eigenvalue weighted by Gasteiger charge is -2.26. The van der Waals surface area contributed by atoms with Crippen molar-refractivity contribution in [3.8, 4) is 0 Å². The molecular formula is C13H25N3O. The summed E-state index contributed by atoms with van der Waals surface area (Å²) in [5.74, 6) is 0.285. The zero-order valence-corrected chi connectivity index (χ0v) is 11.1. The standard InChI is InChI=1S/C13H25N3O/c1-3-16(4-2)13(17)10-15-8-7-11-5-6-12(9-15)14-11/h11-12,14H,3-10H2,1-2H3. The van der Waals surface area contributed by atoms with Crippen molar-refractivity contribution in [2.45, 2.75) is 45.2 Å². The van der Waals surface area contributed by atoms with Gasteiger partial charge in [0, 0.05) is 38.3 Å². The summed E-state index contributed by atoms with van der Waals surface area (Å²) in [5, 5.41) is 3.65. The summed E-state index contributed by atoms with van der Waals surface area (Å²) in [4.78, 5) is 16.3. The Kier molecular flexibility index (Phi) is 4.40. The maximum absolute atomic E-state index is 12.1. The molecule has 0 saturated carbocycles. The van der Waals surface area contributed by atoms with Gasteiger partial charge in [0.1, 0.15) is 0 Å². The highest BCUT2D eigenvalue weighted by Gasteiger charge is 2.30. The average molecular weight is 239 g/mol. The number of hydrogen-bond donors (Lipinski definition) is 1. The highest BCUT2D eigenvalue weighted by atomic mass is 16.2. The van der Waals surface area contributed by atoms with E-state index in [0.717, 1.165) is 26.2 Å². The van der Waals surface area contributed by atoms with E-state index in [1.807, 2.05) is 18.7 Å². The Morgan fingerprint density at radius 1 is 1.24 bits per heavy atom. The highest BCUT2D eigenvalue weighted by molar-refractivity contribution is 5.78. The number of fused-ring (bicyclic) bond motifs is 2. The molecule has 4 heteroatoms. The van der Waals surface area contributed by atoms with Gasteiger partial charge in [-0.15, -0.1) is 0 Å². The van der Waals surface area contributed by atoms with E-state index in [1.165, 1.54) is 19.3 Å². The first kappa shape index (κ1) is 12.8. The second-order valence-electron chi connectivity index (χ2n) is 5.23. The van der Waals surface area contributed by atoms with Crippen LogP contribution in [0.25, 0.3) is 0 Å². The van der Waals surface area contributed by atoms with E-state index in [4.69, 9.17) is 0 Å². The van der Waals surface area contributed by atoms with Crippen molar-refractivity contribution in [1.82, 2.24) is 15.1 Å². The van der Waals surface area contributed by atoms with Crippen molar-refractivity contribution < 1.29 is 4.79 Å². The predicted molar refractivity (Wildman–Crippen MR) is 68.9 cm³/mol. The smallest absolute Gasteiger partial charge is 0.236 e. The maximum Gasteiger partial charge on any atom is 0.236 e. The molecule has 2 heterocycles. The van der Waals surface area contributed by atoms with Gasteiger partial charge in [0.05, 0.1) is 6.54 Å². The molecule has 2 unspecified atom stereocenters. The van der Waals surface area contributed by atoms with Crippen molar-refractivity contribution in [3.05, 3.63) is 0 Å². The number of nitrogens with zero attached hydrogens (tertiary/aromatic N) is 2. The molecule has 2 fully saturated rings. The number of nitrogens with one attached hydrogen (secondary N) is 1. The number of carbonyl (C=O) groups excluding carboxylic acids is 1. The van der Waals surface area contributed by atoms with Crippen molar-refractivity contribution in [1.29, 1.82) is 0 Å². The Labute approximate surface area is 104 Å². The Morgan fingerprint density at radius 3 is 2.65 bits per heavy atom. The minimum atomic E-state index is 0.285. The summed E-state index contributed by atoms with van der Waals surface area (Å²) >= 11 is 0. The number of hydrogen-bond acceptors (Lipinski definition) is 3. The lowest BCUT2D eigenvalue weighted by molar-refractivity contribution is -0.132. The molecule has 98 valence electrons. The van der Waals surface area contributed by atoms with Crippen molar-refractivity contribution in [2.24, 2.45) is 0 Å². The van der Waals surface area contributed by atoms with Crippen LogP contribution in [0.2, 0.25) is 0 Å². The van der Waals surface area contributed by atoms with Gasteiger partial charge in [0.2, 0.25) is 5.91 Å². The van der Waals surface area contributed by atoms with E-state index in [-0.39, 0.29) is 5.91 Å². The van der Waals surface area contributed by atoms with Crippen LogP contribution in [0.15, 0.2) is 0 Å². The molecule has 2 rings (SSSR count). The largest absolute Gasteiger partial charge is 0.342 e. The number of likely N-dealkylation sites (N-methyl/N-ethyl adjacent to an activating group) is 1. The fraction of sp³-hybridized carbons (Fsp3) is 0.923. The number of rotatable bonds is 4. The molecule has 2 bridgehead atoms. The van der Waals surface area contributed by atoms with Crippen molar-refractivity contribution in [3.63, 3.8) is 0 Å². The molecule has 0 spiro atoms. The summed E-state index contributed by atoms with van der Waals surface area (Å²) in [6.45, 7) is 8.47. The molecule has 0 aromatic carbocycles. The summed E-state index contributed by atoms with van der Waals surface area (Å²) in [5.41, 5.74) is 0. The van der Waals surface area contributed by atoms with E-state index >= 15 is 0 Å². The van der Waals surface area contributed by atoms with E-state index in [2.05, 4.69) is 10.2 Å². The third-order valence-corrected chi connectivity index (χ3v) is 4.08. The van der Waals surface area contributed by atoms with Gasteiger partial charge in [-0.05, 0) is 33.1 Å². The molecule has 0 aromatic rings. The van der Waals surface area contributed by atoms with Gasteiger partial charge in [-0.1, -0.05) is 0 Å². The molecule has 0 aliphatic carbocycles. The maximum atomic E-state index is 12.1. The molecule has 2 atom stereocenters. The summed E-state index contributed by atoms with van der Waals surface area (Å²) in [6.07, 6.45) is 3.80. The van der Waals surface area contributed by atoms with Gasteiger partial charge >= 0.3 is 0 Å². The molecule has 0 aromatic heterocycles. The van der Waals surface area contributed by atoms with Crippen LogP contribution in [0.1, 0.15) is 33.1 Å². The first-order chi connectivity index (χ1) is 8.22. The zero-order valence-electron chi connectivity index (χ0n) is 11.1. The van der Waals surface area contributed by atoms with Crippen molar-refractivity contribution >= 4 is 5.91 Å². The van der Waals surface area contributed by atoms with E-state index in [1.54, 1.807) is 0 Å². The van der Waals surface area contributed by atoms with Crippen LogP contribution in [0.4, 0.5) is 0 Å². The first-order valence-corrected chi connectivity index (χ1v) is 6.99. The molecule has 1 amide bonds. The first-order valence-electron chi connectivity index (χ1n) is 6.99. The Hall–Kier alpha value is -0.610. The van der Waals surface area contributed by atoms with Crippen LogP contribution >= 0.6 is 0 Å². The third-order valence-electron chi connectivity index (χ3n) is 4.08. The van der Waals surface area contributed by atoms with Gasteiger partial charge in [-0.3, -0.25) is 9.69 Å². The minimum Gasteiger partial charge on any atom is -0.342 e. The van der Waals surface area contributed by atoms with Crippen molar-refractivity contribution in [2.75, 3.05) is 32.7 Å². The summed E-state index contributed by atoms with van der Waals surface area (Å²) < 4.78 is 0. The number of carbonyl (C=O) groups is 1. The van der Waals surface area contributed by atoms with Crippen LogP contribution in [0, 0.1) is 0 Å². The highest BCUT2D eigenvalue weighted by Crippen LogP contribution is 2.20. The topological polar surface area (TPSA) is 35.6 Å². The Bertz CT molecular complexity index is 265. The van der Waals surface area contributed by atoms with Gasteiger partial charge in [-0.25, -0.2) is 0 Å². The van der Waals surface area contributed by atoms with Crippen LogP contribution in [0.5, 0.6) is 0 Å². The van der Waals surface area contributed by atoms with E-state index in [0.29, 0.717) is 18.6 Å². The normalized spacial score (nSPS) is 29.1. The Morgan fingerprint density at radius 2 is 1.94 bits per heavy atom. The predicted octanol–water partition coefficient (Wildman–Crippen LogP) is 0.681. The average Bonchev–Trinajstić information content (AvgIpc) is 2.64. The molecule has 4 nitrogen and oxygen atoms in total. The van der Waals surface area contributed by atoms with E-state index in [9.17, 15) is 4.79 Å². The molecule has 17 heavy (non-hydrogen) atoms. The SMILES string of the molecule is CCN(CC)C(=O)CN1CCC2CCC(C1)N2. The zero-order chi connectivity index (χ0) is 12.3. The van der Waals surface area contributed by atoms with Gasteiger partial charge in [-0.2, -0.15) is 0 Å². The van der Waals surface area contributed by atoms with Crippen LogP contribution in [-0.4, -0.2) is 60.5 Å². The van der Waals surface area contributed by atoms with Gasteiger partial charge in [0.15, 0.2) is 0 Å². The number of likely N-dealkylation sites (tertiary alicyclic amines) is 1. The van der Waals surface area contributed by atoms with Gasteiger partial charge < -0.3 is 10.2 Å². The Balaban J connectivity index is 1.84. The molecule has 1 N–H and O–H groups in total. The fourth-order valence-corrected chi connectivity index (χ4v) is 3.03. The second kappa shape index (κ2) is 5.83. The van der Waals surface area contributed by atoms with Crippen LogP contribution in [-0.2, 0) is 4.79 Å². The monoisotopic (exact) mass is 239 g/mol. The lowest BCUT2D eigenvalue weighted by atomic mass is 10.1. The van der Waals surface area contributed by atoms with E-state index < -0.39 is 0 Å². The molecule has 0 radical (unpaired) electrons. The lowest BCUT2D eigenvalue weighted by Crippen LogP contribution is -2.43. The van der Waals surface area contributed by atoms with Gasteiger partial charge in [0.25, 0.3) is 0 Å². The number of amides is 1. The molecule has 2 aliphatic heterocycles. The minimum absolute atomic E-state index is 0.285. The third kappa shape index (κ3) is 3.19. The molecular weight excluding hydrogens is 214 g/mol. The van der Waals surface area contributed by atoms with Crippen LogP contribution < -0.4 is 5.32 Å². The second-order valence-corrected chi connectivity index (χ2v) is 5.23. The molecule has 2 aliphatic rings.